The maximum Gasteiger partial charge on any atom is 0.331 e. The Morgan fingerprint density at radius 1 is 0.868 bits per heavy atom. The van der Waals surface area contributed by atoms with E-state index in [-0.39, 0.29) is 31.3 Å². The number of carbonyl (C=O) groups is 2. The lowest BCUT2D eigenvalue weighted by Gasteiger charge is -2.14. The van der Waals surface area contributed by atoms with Crippen LogP contribution in [0.2, 0.25) is 5.02 Å². The molecule has 0 fully saturated rings. The van der Waals surface area contributed by atoms with Crippen molar-refractivity contribution >= 4 is 40.0 Å². The lowest BCUT2D eigenvalue weighted by atomic mass is 10.2. The van der Waals surface area contributed by atoms with Crippen molar-refractivity contribution in [2.45, 2.75) is 45.8 Å². The fourth-order valence-corrected chi connectivity index (χ4v) is 4.47. The number of fused-ring (bicyclic) bond motifs is 1. The van der Waals surface area contributed by atoms with Crippen LogP contribution < -0.4 is 21.9 Å². The van der Waals surface area contributed by atoms with Gasteiger partial charge in [-0.05, 0) is 61.2 Å². The van der Waals surface area contributed by atoms with Crippen LogP contribution in [0.25, 0.3) is 10.9 Å². The summed E-state index contributed by atoms with van der Waals surface area (Å²) in [4.78, 5) is 51.5. The van der Waals surface area contributed by atoms with E-state index in [2.05, 4.69) is 10.6 Å². The van der Waals surface area contributed by atoms with Crippen LogP contribution in [-0.2, 0) is 29.2 Å². The number of aromatic nitrogens is 2. The van der Waals surface area contributed by atoms with Crippen molar-refractivity contribution < 1.29 is 9.59 Å². The van der Waals surface area contributed by atoms with Gasteiger partial charge in [-0.1, -0.05) is 54.1 Å². The van der Waals surface area contributed by atoms with E-state index in [9.17, 15) is 19.2 Å². The standard InChI is InChI=1S/C29H29ClN4O4/c1-20-9-8-11-22(17-20)32-27(36)19-34-25-14-5-3-12-23(25)28(37)33(29(34)38)16-7-6-15-26(35)31-18-21-10-2-4-13-24(21)30/h2-5,8-14,17H,6-7,15-16,18-19H2,1H3,(H,31,35)(H,32,36). The lowest BCUT2D eigenvalue weighted by Crippen LogP contribution is -2.41. The number of aryl methyl sites for hydroxylation is 1. The Morgan fingerprint density at radius 2 is 1.63 bits per heavy atom. The molecule has 196 valence electrons. The van der Waals surface area contributed by atoms with Gasteiger partial charge in [0.1, 0.15) is 6.54 Å². The summed E-state index contributed by atoms with van der Waals surface area (Å²) in [6.07, 6.45) is 1.18. The number of anilines is 1. The monoisotopic (exact) mass is 532 g/mol. The number of amides is 2. The molecule has 0 atom stereocenters. The maximum absolute atomic E-state index is 13.3. The summed E-state index contributed by atoms with van der Waals surface area (Å²) in [6, 6.07) is 21.4. The Balaban J connectivity index is 1.43. The molecule has 0 bridgehead atoms. The Bertz CT molecular complexity index is 1590. The number of benzene rings is 3. The Morgan fingerprint density at radius 3 is 2.42 bits per heavy atom. The van der Waals surface area contributed by atoms with Crippen LogP contribution in [-0.4, -0.2) is 20.9 Å². The molecule has 0 aliphatic carbocycles. The van der Waals surface area contributed by atoms with Gasteiger partial charge in [0.05, 0.1) is 10.9 Å². The molecule has 0 saturated heterocycles. The molecule has 1 aromatic heterocycles. The van der Waals surface area contributed by atoms with Gasteiger partial charge in [-0.3, -0.25) is 23.5 Å². The number of carbonyl (C=O) groups excluding carboxylic acids is 2. The van der Waals surface area contributed by atoms with Gasteiger partial charge in [-0.2, -0.15) is 0 Å². The van der Waals surface area contributed by atoms with Gasteiger partial charge in [0, 0.05) is 30.2 Å². The van der Waals surface area contributed by atoms with Gasteiger partial charge >= 0.3 is 5.69 Å². The van der Waals surface area contributed by atoms with Crippen LogP contribution in [0, 0.1) is 6.92 Å². The summed E-state index contributed by atoms with van der Waals surface area (Å²) in [7, 11) is 0. The van der Waals surface area contributed by atoms with Gasteiger partial charge in [0.15, 0.2) is 0 Å². The molecule has 4 aromatic rings. The quantitative estimate of drug-likeness (QED) is 0.298. The zero-order valence-corrected chi connectivity index (χ0v) is 21.8. The van der Waals surface area contributed by atoms with E-state index >= 15 is 0 Å². The molecule has 0 radical (unpaired) electrons. The first kappa shape index (κ1) is 26.9. The van der Waals surface area contributed by atoms with Crippen molar-refractivity contribution in [1.82, 2.24) is 14.5 Å². The highest BCUT2D eigenvalue weighted by Crippen LogP contribution is 2.15. The van der Waals surface area contributed by atoms with Gasteiger partial charge in [0.25, 0.3) is 5.56 Å². The van der Waals surface area contributed by atoms with Crippen molar-refractivity contribution in [3.63, 3.8) is 0 Å². The largest absolute Gasteiger partial charge is 0.352 e. The topological polar surface area (TPSA) is 102 Å². The third-order valence-corrected chi connectivity index (χ3v) is 6.57. The molecule has 2 N–H and O–H groups in total. The third-order valence-electron chi connectivity index (χ3n) is 6.21. The highest BCUT2D eigenvalue weighted by molar-refractivity contribution is 6.31. The van der Waals surface area contributed by atoms with Crippen LogP contribution in [0.15, 0.2) is 82.4 Å². The van der Waals surface area contributed by atoms with E-state index in [0.717, 1.165) is 15.7 Å². The van der Waals surface area contributed by atoms with Crippen molar-refractivity contribution in [3.8, 4) is 0 Å². The van der Waals surface area contributed by atoms with E-state index in [1.165, 1.54) is 4.57 Å². The van der Waals surface area contributed by atoms with Crippen LogP contribution in [0.4, 0.5) is 5.69 Å². The van der Waals surface area contributed by atoms with Crippen LogP contribution in [0.5, 0.6) is 0 Å². The fourth-order valence-electron chi connectivity index (χ4n) is 4.27. The van der Waals surface area contributed by atoms with Crippen LogP contribution in [0.3, 0.4) is 0 Å². The number of nitrogens with zero attached hydrogens (tertiary/aromatic N) is 2. The minimum absolute atomic E-state index is 0.138. The highest BCUT2D eigenvalue weighted by atomic mass is 35.5. The number of halogens is 1. The summed E-state index contributed by atoms with van der Waals surface area (Å²) in [5.74, 6) is -0.510. The van der Waals surface area contributed by atoms with Gasteiger partial charge in [-0.25, -0.2) is 4.79 Å². The molecular weight excluding hydrogens is 504 g/mol. The lowest BCUT2D eigenvalue weighted by molar-refractivity contribution is -0.121. The van der Waals surface area contributed by atoms with E-state index in [4.69, 9.17) is 11.6 Å². The maximum atomic E-state index is 13.3. The number of rotatable bonds is 10. The number of para-hydroxylation sites is 1. The molecule has 3 aromatic carbocycles. The SMILES string of the molecule is Cc1cccc(NC(=O)Cn2c(=O)n(CCCCC(=O)NCc3ccccc3Cl)c(=O)c3ccccc32)c1. The second kappa shape index (κ2) is 12.4. The van der Waals surface area contributed by atoms with Crippen molar-refractivity contribution in [1.29, 1.82) is 0 Å². The molecule has 0 saturated carbocycles. The minimum Gasteiger partial charge on any atom is -0.352 e. The minimum atomic E-state index is -0.559. The molecule has 0 aliphatic heterocycles. The molecule has 0 aliphatic rings. The molecule has 4 rings (SSSR count). The number of unbranched alkanes of at least 4 members (excludes halogenated alkanes) is 1. The molecule has 8 nitrogen and oxygen atoms in total. The van der Waals surface area contributed by atoms with Gasteiger partial charge in [0.2, 0.25) is 11.8 Å². The van der Waals surface area contributed by atoms with Crippen LogP contribution in [0.1, 0.15) is 30.4 Å². The molecule has 9 heteroatoms. The first-order valence-electron chi connectivity index (χ1n) is 12.4. The molecule has 0 unspecified atom stereocenters. The number of hydrogen-bond acceptors (Lipinski definition) is 4. The highest BCUT2D eigenvalue weighted by Gasteiger charge is 2.15. The molecule has 0 spiro atoms. The number of nitrogens with one attached hydrogen (secondary N) is 2. The Kier molecular flexibility index (Phi) is 8.76. The zero-order chi connectivity index (χ0) is 27.1. The van der Waals surface area contributed by atoms with Crippen LogP contribution >= 0.6 is 11.6 Å². The fraction of sp³-hybridized carbons (Fsp3) is 0.241. The summed E-state index contributed by atoms with van der Waals surface area (Å²) in [6.45, 7) is 2.15. The first-order chi connectivity index (χ1) is 18.3. The van der Waals surface area contributed by atoms with E-state index < -0.39 is 11.2 Å². The van der Waals surface area contributed by atoms with E-state index in [1.54, 1.807) is 36.4 Å². The zero-order valence-electron chi connectivity index (χ0n) is 21.1. The normalized spacial score (nSPS) is 10.9. The van der Waals surface area contributed by atoms with Crippen molar-refractivity contribution in [3.05, 3.63) is 110 Å². The summed E-state index contributed by atoms with van der Waals surface area (Å²) in [5, 5.41) is 6.59. The Labute approximate surface area is 224 Å². The van der Waals surface area contributed by atoms with Gasteiger partial charge < -0.3 is 10.6 Å². The molecule has 38 heavy (non-hydrogen) atoms. The van der Waals surface area contributed by atoms with Gasteiger partial charge in [-0.15, -0.1) is 0 Å². The Hall–Kier alpha value is -4.17. The van der Waals surface area contributed by atoms with Crippen molar-refractivity contribution in [2.75, 3.05) is 5.32 Å². The second-order valence-corrected chi connectivity index (χ2v) is 9.49. The third kappa shape index (κ3) is 6.58. The second-order valence-electron chi connectivity index (χ2n) is 9.09. The summed E-state index contributed by atoms with van der Waals surface area (Å²) < 4.78 is 2.46. The molecule has 1 heterocycles. The average molecular weight is 533 g/mol. The summed E-state index contributed by atoms with van der Waals surface area (Å²) in [5.41, 5.74) is 1.89. The predicted octanol–water partition coefficient (Wildman–Crippen LogP) is 4.25. The van der Waals surface area contributed by atoms with Crippen molar-refractivity contribution in [2.24, 2.45) is 0 Å². The van der Waals surface area contributed by atoms with E-state index in [0.29, 0.717) is 41.0 Å². The number of hydrogen-bond donors (Lipinski definition) is 2. The predicted molar refractivity (Wildman–Crippen MR) is 149 cm³/mol. The average Bonchev–Trinajstić information content (AvgIpc) is 2.90. The van der Waals surface area contributed by atoms with E-state index in [1.807, 2.05) is 43.3 Å². The molecule has 2 amide bonds. The first-order valence-corrected chi connectivity index (χ1v) is 12.8. The summed E-state index contributed by atoms with van der Waals surface area (Å²) >= 11 is 6.12. The molecular formula is C29H29ClN4O4. The smallest absolute Gasteiger partial charge is 0.331 e.